The maximum atomic E-state index is 13.2. The van der Waals surface area contributed by atoms with Crippen LogP contribution >= 0.6 is 0 Å². The van der Waals surface area contributed by atoms with Gasteiger partial charge in [-0.05, 0) is 23.8 Å². The van der Waals surface area contributed by atoms with Crippen molar-refractivity contribution < 1.29 is 18.7 Å². The molecule has 3 amide bonds. The molecule has 2 aliphatic heterocycles. The summed E-state index contributed by atoms with van der Waals surface area (Å²) in [5.41, 5.74) is 1.18. The number of hydrogen-bond acceptors (Lipinski definition) is 3. The minimum Gasteiger partial charge on any atom is -0.485 e. The van der Waals surface area contributed by atoms with Crippen molar-refractivity contribution in [3.05, 3.63) is 59.4 Å². The van der Waals surface area contributed by atoms with Crippen LogP contribution in [0.1, 0.15) is 23.7 Å². The molecule has 120 valence electrons. The van der Waals surface area contributed by atoms with Crippen LogP contribution in [0.5, 0.6) is 5.75 Å². The molecule has 1 saturated heterocycles. The van der Waals surface area contributed by atoms with Crippen molar-refractivity contribution in [3.8, 4) is 5.75 Å². The summed E-state index contributed by atoms with van der Waals surface area (Å²) in [7, 11) is 1.91. The first kappa shape index (κ1) is 14.7. The fourth-order valence-electron chi connectivity index (χ4n) is 3.35. The number of amides is 3. The summed E-state index contributed by atoms with van der Waals surface area (Å²) in [5.74, 6) is -0.194. The second-order valence-corrected chi connectivity index (χ2v) is 6.18. The fourth-order valence-corrected chi connectivity index (χ4v) is 3.35. The van der Waals surface area contributed by atoms with Gasteiger partial charge in [0.05, 0.1) is 0 Å². The number of rotatable bonds is 1. The first-order valence-electron chi connectivity index (χ1n) is 7.65. The molecule has 2 unspecified atom stereocenters. The Bertz CT molecular complexity index is 855. The minimum atomic E-state index is -1.17. The molecule has 0 aromatic heterocycles. The van der Waals surface area contributed by atoms with E-state index in [4.69, 9.17) is 4.74 Å². The topological polar surface area (TPSA) is 67.4 Å². The highest BCUT2D eigenvalue weighted by Gasteiger charge is 2.53. The molecule has 2 aromatic rings. The van der Waals surface area contributed by atoms with Gasteiger partial charge in [0.25, 0.3) is 5.91 Å². The third-order valence-electron chi connectivity index (χ3n) is 4.54. The van der Waals surface area contributed by atoms with Crippen LogP contribution in [0.25, 0.3) is 0 Å². The molecule has 0 aliphatic carbocycles. The minimum absolute atomic E-state index is 0.243. The van der Waals surface area contributed by atoms with Gasteiger partial charge in [-0.15, -0.1) is 0 Å². The molecule has 1 spiro atoms. The predicted molar refractivity (Wildman–Crippen MR) is 87.4 cm³/mol. The van der Waals surface area contributed by atoms with Crippen molar-refractivity contribution in [2.75, 3.05) is 0 Å². The zero-order valence-electron chi connectivity index (χ0n) is 12.9. The van der Waals surface area contributed by atoms with Crippen LogP contribution in [-0.4, -0.2) is 19.8 Å². The van der Waals surface area contributed by atoms with E-state index in [-0.39, 0.29) is 12.2 Å². The van der Waals surface area contributed by atoms with E-state index in [1.54, 1.807) is 18.2 Å². The van der Waals surface area contributed by atoms with Crippen molar-refractivity contribution in [2.24, 2.45) is 0 Å². The van der Waals surface area contributed by atoms with E-state index in [2.05, 4.69) is 10.6 Å². The third kappa shape index (κ3) is 2.16. The van der Waals surface area contributed by atoms with E-state index in [1.807, 2.05) is 20.0 Å². The first-order valence-corrected chi connectivity index (χ1v) is 7.65. The van der Waals surface area contributed by atoms with E-state index in [1.165, 1.54) is 12.1 Å². The third-order valence-corrected chi connectivity index (χ3v) is 4.54. The molecule has 0 radical (unpaired) electrons. The van der Waals surface area contributed by atoms with Crippen LogP contribution in [0.15, 0.2) is 42.5 Å². The number of carbonyl (C=O) groups is 2. The largest absolute Gasteiger partial charge is 0.485 e. The lowest BCUT2D eigenvalue weighted by Crippen LogP contribution is -2.48. The van der Waals surface area contributed by atoms with Gasteiger partial charge in [-0.2, -0.15) is 0 Å². The average molecular weight is 324 g/mol. The molecule has 2 atom stereocenters. The standard InChI is InChI=1S/C17H14BFN2O3/c18-10-3-6-13-12(7-10)17(15(22)20-16(23)21-17)8-14(24-13)9-1-4-11(19)5-2-9/h1-7,14H,8,18H2,(H2,20,21,22,23). The van der Waals surface area contributed by atoms with Crippen LogP contribution in [0.2, 0.25) is 0 Å². The van der Waals surface area contributed by atoms with E-state index >= 15 is 0 Å². The van der Waals surface area contributed by atoms with Crippen molar-refractivity contribution in [1.29, 1.82) is 0 Å². The molecule has 2 aromatic carbocycles. The Morgan fingerprint density at radius 2 is 1.92 bits per heavy atom. The smallest absolute Gasteiger partial charge is 0.322 e. The van der Waals surface area contributed by atoms with E-state index in [0.717, 1.165) is 11.0 Å². The summed E-state index contributed by atoms with van der Waals surface area (Å²) in [6.07, 6.45) is -0.225. The highest BCUT2D eigenvalue weighted by atomic mass is 19.1. The van der Waals surface area contributed by atoms with Gasteiger partial charge in [0, 0.05) is 12.0 Å². The second-order valence-electron chi connectivity index (χ2n) is 6.18. The van der Waals surface area contributed by atoms with Gasteiger partial charge in [-0.25, -0.2) is 9.18 Å². The molecule has 2 aliphatic rings. The Labute approximate surface area is 138 Å². The zero-order chi connectivity index (χ0) is 16.9. The van der Waals surface area contributed by atoms with Crippen LogP contribution < -0.4 is 20.8 Å². The number of carbonyl (C=O) groups excluding carboxylic acids is 2. The normalized spacial score (nSPS) is 25.0. The van der Waals surface area contributed by atoms with Crippen LogP contribution in [0.4, 0.5) is 9.18 Å². The van der Waals surface area contributed by atoms with Crippen molar-refractivity contribution >= 4 is 25.2 Å². The summed E-state index contributed by atoms with van der Waals surface area (Å²) in [6.45, 7) is 0. The quantitative estimate of drug-likeness (QED) is 0.598. The number of hydrogen-bond donors (Lipinski definition) is 2. The van der Waals surface area contributed by atoms with Gasteiger partial charge in [0.2, 0.25) is 0 Å². The summed E-state index contributed by atoms with van der Waals surface area (Å²) in [6, 6.07) is 11.0. The highest BCUT2D eigenvalue weighted by Crippen LogP contribution is 2.45. The molecule has 1 fully saturated rings. The van der Waals surface area contributed by atoms with E-state index in [0.29, 0.717) is 11.3 Å². The van der Waals surface area contributed by atoms with Gasteiger partial charge in [-0.1, -0.05) is 29.7 Å². The van der Waals surface area contributed by atoms with Crippen molar-refractivity contribution in [3.63, 3.8) is 0 Å². The van der Waals surface area contributed by atoms with Crippen LogP contribution in [0.3, 0.4) is 0 Å². The molecule has 2 heterocycles. The van der Waals surface area contributed by atoms with Gasteiger partial charge < -0.3 is 10.1 Å². The molecule has 2 N–H and O–H groups in total. The number of benzene rings is 2. The molecule has 4 rings (SSSR count). The number of nitrogens with one attached hydrogen (secondary N) is 2. The molecular weight excluding hydrogens is 310 g/mol. The van der Waals surface area contributed by atoms with E-state index in [9.17, 15) is 14.0 Å². The second kappa shape index (κ2) is 5.09. The maximum Gasteiger partial charge on any atom is 0.322 e. The molecule has 0 saturated carbocycles. The summed E-state index contributed by atoms with van der Waals surface area (Å²) < 4.78 is 19.2. The highest BCUT2D eigenvalue weighted by molar-refractivity contribution is 6.32. The Balaban J connectivity index is 1.84. The number of ether oxygens (including phenoxy) is 1. The van der Waals surface area contributed by atoms with Crippen LogP contribution in [-0.2, 0) is 10.3 Å². The number of fused-ring (bicyclic) bond motifs is 2. The lowest BCUT2D eigenvalue weighted by molar-refractivity contribution is -0.126. The average Bonchev–Trinajstić information content (AvgIpc) is 2.83. The Morgan fingerprint density at radius 1 is 1.17 bits per heavy atom. The Hall–Kier alpha value is -2.83. The SMILES string of the molecule is Bc1ccc2c(c1)C1(CC(c3ccc(F)cc3)O2)NC(=O)NC1=O. The first-order chi connectivity index (χ1) is 11.5. The van der Waals surface area contributed by atoms with Crippen molar-refractivity contribution in [1.82, 2.24) is 10.6 Å². The number of halogens is 1. The van der Waals surface area contributed by atoms with E-state index < -0.39 is 23.6 Å². The molecular formula is C17H14BFN2O3. The van der Waals surface area contributed by atoms with Gasteiger partial charge >= 0.3 is 6.03 Å². The molecule has 5 nitrogen and oxygen atoms in total. The Kier molecular flexibility index (Phi) is 3.13. The van der Waals surface area contributed by atoms with Gasteiger partial charge in [0.1, 0.15) is 25.5 Å². The summed E-state index contributed by atoms with van der Waals surface area (Å²) >= 11 is 0. The monoisotopic (exact) mass is 324 g/mol. The predicted octanol–water partition coefficient (Wildman–Crippen LogP) is 0.643. The molecule has 0 bridgehead atoms. The summed E-state index contributed by atoms with van der Waals surface area (Å²) in [4.78, 5) is 24.3. The molecule has 24 heavy (non-hydrogen) atoms. The van der Waals surface area contributed by atoms with Gasteiger partial charge in [-0.3, -0.25) is 10.1 Å². The fraction of sp³-hybridized carbons (Fsp3) is 0.176. The van der Waals surface area contributed by atoms with Crippen molar-refractivity contribution in [2.45, 2.75) is 18.1 Å². The number of urea groups is 1. The van der Waals surface area contributed by atoms with Crippen LogP contribution in [0, 0.1) is 5.82 Å². The lowest BCUT2D eigenvalue weighted by Gasteiger charge is -2.38. The maximum absolute atomic E-state index is 13.2. The summed E-state index contributed by atoms with van der Waals surface area (Å²) in [5, 5.41) is 5.07. The zero-order valence-corrected chi connectivity index (χ0v) is 12.9. The lowest BCUT2D eigenvalue weighted by atomic mass is 9.78. The number of imide groups is 1. The molecule has 7 heteroatoms. The Morgan fingerprint density at radius 3 is 2.58 bits per heavy atom. The van der Waals surface area contributed by atoms with Gasteiger partial charge in [0.15, 0.2) is 5.54 Å².